The second kappa shape index (κ2) is 8.13. The number of nitrogens with zero attached hydrogens (tertiary/aromatic N) is 5. The number of rotatable bonds is 4. The number of aromatic nitrogens is 3. The maximum Gasteiger partial charge on any atom is 0.298 e. The molecule has 1 saturated heterocycles. The second-order valence-corrected chi connectivity index (χ2v) is 7.49. The van der Waals surface area contributed by atoms with E-state index in [-0.39, 0.29) is 5.91 Å². The number of fused-ring (bicyclic) bond motifs is 1. The third kappa shape index (κ3) is 3.78. The van der Waals surface area contributed by atoms with Crippen LogP contribution in [0.4, 0.5) is 5.82 Å². The summed E-state index contributed by atoms with van der Waals surface area (Å²) in [5.41, 5.74) is 2.93. The van der Waals surface area contributed by atoms with Crippen molar-refractivity contribution in [1.82, 2.24) is 19.5 Å². The number of pyridine rings is 2. The van der Waals surface area contributed by atoms with Crippen LogP contribution in [0.2, 0.25) is 0 Å². The van der Waals surface area contributed by atoms with Gasteiger partial charge in [0.05, 0.1) is 29.0 Å². The number of halogens is 1. The summed E-state index contributed by atoms with van der Waals surface area (Å²) in [4.78, 5) is 20.1. The first kappa shape index (κ1) is 19.3. The molecule has 0 bridgehead atoms. The van der Waals surface area contributed by atoms with Gasteiger partial charge in [-0.2, -0.15) is 5.10 Å². The fraction of sp³-hybridized carbons (Fsp3) is 0.286. The Morgan fingerprint density at radius 1 is 1.28 bits per heavy atom. The number of ether oxygens (including phenoxy) is 1. The molecule has 0 unspecified atom stereocenters. The Bertz CT molecular complexity index is 1080. The van der Waals surface area contributed by atoms with Gasteiger partial charge in [0.1, 0.15) is 11.6 Å². The van der Waals surface area contributed by atoms with E-state index in [0.717, 1.165) is 32.7 Å². The molecule has 0 atom stereocenters. The number of hydrogen-bond donors (Lipinski definition) is 0. The van der Waals surface area contributed by atoms with Gasteiger partial charge in [0.2, 0.25) is 0 Å². The van der Waals surface area contributed by atoms with Crippen LogP contribution in [-0.4, -0.2) is 58.2 Å². The second-order valence-electron chi connectivity index (χ2n) is 6.64. The van der Waals surface area contributed by atoms with E-state index in [9.17, 15) is 4.79 Å². The maximum absolute atomic E-state index is 11.6. The van der Waals surface area contributed by atoms with Crippen LogP contribution in [0.3, 0.4) is 0 Å². The lowest BCUT2D eigenvalue weighted by Crippen LogP contribution is -2.48. The Morgan fingerprint density at radius 3 is 2.72 bits per heavy atom. The molecule has 0 saturated carbocycles. The Labute approximate surface area is 177 Å². The summed E-state index contributed by atoms with van der Waals surface area (Å²) >= 11 is 3.58. The molecule has 29 heavy (non-hydrogen) atoms. The van der Waals surface area contributed by atoms with Crippen LogP contribution in [-0.2, 0) is 4.79 Å². The van der Waals surface area contributed by atoms with E-state index in [2.05, 4.69) is 36.8 Å². The minimum absolute atomic E-state index is 0.252. The number of terminal acetylenes is 1. The molecule has 0 N–H and O–H groups in total. The van der Waals surface area contributed by atoms with Crippen molar-refractivity contribution in [3.05, 3.63) is 41.3 Å². The molecular weight excluding hydrogens is 434 g/mol. The van der Waals surface area contributed by atoms with Gasteiger partial charge in [-0.25, -0.2) is 9.50 Å². The largest absolute Gasteiger partial charge is 0.492 e. The summed E-state index contributed by atoms with van der Waals surface area (Å²) in [6.45, 7) is 5.16. The first-order valence-corrected chi connectivity index (χ1v) is 10.2. The summed E-state index contributed by atoms with van der Waals surface area (Å²) in [6.07, 6.45) is 10.7. The van der Waals surface area contributed by atoms with Crippen molar-refractivity contribution in [2.45, 2.75) is 6.92 Å². The zero-order valence-corrected chi connectivity index (χ0v) is 17.6. The fourth-order valence-corrected chi connectivity index (χ4v) is 3.97. The van der Waals surface area contributed by atoms with Gasteiger partial charge >= 0.3 is 0 Å². The molecule has 1 aliphatic rings. The van der Waals surface area contributed by atoms with E-state index in [1.54, 1.807) is 15.6 Å². The van der Waals surface area contributed by atoms with Crippen molar-refractivity contribution < 1.29 is 9.53 Å². The Balaban J connectivity index is 1.60. The number of piperazine rings is 1. The Hall–Kier alpha value is -3.05. The van der Waals surface area contributed by atoms with Crippen LogP contribution in [0.1, 0.15) is 6.92 Å². The normalized spacial score (nSPS) is 14.1. The van der Waals surface area contributed by atoms with Crippen molar-refractivity contribution in [3.8, 4) is 29.2 Å². The highest BCUT2D eigenvalue weighted by molar-refractivity contribution is 9.10. The summed E-state index contributed by atoms with van der Waals surface area (Å²) in [6, 6.07) is 6.06. The highest BCUT2D eigenvalue weighted by Gasteiger charge is 2.21. The molecule has 3 aromatic heterocycles. The van der Waals surface area contributed by atoms with Crippen LogP contribution in [0, 0.1) is 12.3 Å². The van der Waals surface area contributed by atoms with Gasteiger partial charge in [0, 0.05) is 43.5 Å². The molecule has 1 amide bonds. The van der Waals surface area contributed by atoms with Gasteiger partial charge < -0.3 is 14.5 Å². The summed E-state index contributed by atoms with van der Waals surface area (Å²) in [5.74, 6) is 3.56. The van der Waals surface area contributed by atoms with E-state index >= 15 is 0 Å². The van der Waals surface area contributed by atoms with Crippen molar-refractivity contribution in [3.63, 3.8) is 0 Å². The lowest BCUT2D eigenvalue weighted by atomic mass is 10.1. The van der Waals surface area contributed by atoms with Gasteiger partial charge in [-0.3, -0.25) is 4.79 Å². The molecule has 0 aliphatic carbocycles. The van der Waals surface area contributed by atoms with Crippen LogP contribution < -0.4 is 9.64 Å². The topological polar surface area (TPSA) is 63.0 Å². The van der Waals surface area contributed by atoms with Crippen molar-refractivity contribution in [2.75, 3.05) is 37.7 Å². The van der Waals surface area contributed by atoms with Gasteiger partial charge in [-0.15, -0.1) is 6.42 Å². The van der Waals surface area contributed by atoms with E-state index < -0.39 is 0 Å². The van der Waals surface area contributed by atoms with E-state index in [1.165, 1.54) is 0 Å². The fourth-order valence-electron chi connectivity index (χ4n) is 3.49. The molecule has 4 rings (SSSR count). The Morgan fingerprint density at radius 2 is 2.07 bits per heavy atom. The number of carbonyl (C=O) groups excluding carboxylic acids is 1. The molecule has 0 aromatic carbocycles. The third-order valence-corrected chi connectivity index (χ3v) is 5.51. The van der Waals surface area contributed by atoms with Crippen LogP contribution in [0.5, 0.6) is 5.75 Å². The first-order chi connectivity index (χ1) is 14.1. The van der Waals surface area contributed by atoms with Crippen molar-refractivity contribution in [1.29, 1.82) is 0 Å². The summed E-state index contributed by atoms with van der Waals surface area (Å²) < 4.78 is 8.41. The minimum atomic E-state index is -0.252. The molecule has 1 fully saturated rings. The molecule has 4 heterocycles. The average molecular weight is 454 g/mol. The summed E-state index contributed by atoms with van der Waals surface area (Å²) in [5, 5.41) is 4.38. The lowest BCUT2D eigenvalue weighted by molar-refractivity contribution is -0.125. The average Bonchev–Trinajstić information content (AvgIpc) is 3.14. The van der Waals surface area contributed by atoms with Crippen LogP contribution >= 0.6 is 15.9 Å². The number of amides is 1. The zero-order valence-electron chi connectivity index (χ0n) is 16.0. The highest BCUT2D eigenvalue weighted by Crippen LogP contribution is 2.33. The predicted octanol–water partition coefficient (Wildman–Crippen LogP) is 2.84. The van der Waals surface area contributed by atoms with E-state index in [1.807, 2.05) is 37.5 Å². The van der Waals surface area contributed by atoms with E-state index in [4.69, 9.17) is 11.2 Å². The Kier molecular flexibility index (Phi) is 5.41. The monoisotopic (exact) mass is 453 g/mol. The lowest BCUT2D eigenvalue weighted by Gasteiger charge is -2.34. The van der Waals surface area contributed by atoms with Crippen LogP contribution in [0.25, 0.3) is 16.6 Å². The van der Waals surface area contributed by atoms with Gasteiger partial charge in [-0.1, -0.05) is 0 Å². The first-order valence-electron chi connectivity index (χ1n) is 9.37. The van der Waals surface area contributed by atoms with Gasteiger partial charge in [0.25, 0.3) is 5.91 Å². The number of hydrogen-bond acceptors (Lipinski definition) is 5. The highest BCUT2D eigenvalue weighted by atomic mass is 79.9. The number of carbonyl (C=O) groups is 1. The molecule has 0 spiro atoms. The van der Waals surface area contributed by atoms with Crippen molar-refractivity contribution in [2.24, 2.45) is 0 Å². The quantitative estimate of drug-likeness (QED) is 0.568. The molecule has 1 aliphatic heterocycles. The van der Waals surface area contributed by atoms with Gasteiger partial charge in [-0.05, 0) is 47.0 Å². The summed E-state index contributed by atoms with van der Waals surface area (Å²) in [7, 11) is 0. The zero-order chi connectivity index (χ0) is 20.4. The standard InChI is InChI=1S/C21H20BrN5O2/c1-3-20(28)26-9-7-25(8-10-26)19-6-5-15(12-23-19)17-11-16(29-4-2)14-27-21(17)18(22)13-24-27/h1,5-6,11-14H,4,7-10H2,2H3. The van der Waals surface area contributed by atoms with Gasteiger partial charge in [0.15, 0.2) is 0 Å². The molecule has 8 heteroatoms. The SMILES string of the molecule is C#CC(=O)N1CCN(c2ccc(-c3cc(OCC)cn4ncc(Br)c34)cn2)CC1. The maximum atomic E-state index is 11.6. The third-order valence-electron chi connectivity index (χ3n) is 4.93. The predicted molar refractivity (Wildman–Crippen MR) is 115 cm³/mol. The molecular formula is C21H20BrN5O2. The van der Waals surface area contributed by atoms with Crippen LogP contribution in [0.15, 0.2) is 41.3 Å². The van der Waals surface area contributed by atoms with Crippen molar-refractivity contribution >= 4 is 33.2 Å². The molecule has 3 aromatic rings. The molecule has 148 valence electrons. The minimum Gasteiger partial charge on any atom is -0.492 e. The smallest absolute Gasteiger partial charge is 0.298 e. The molecule has 7 nitrogen and oxygen atoms in total. The number of anilines is 1. The molecule has 0 radical (unpaired) electrons. The van der Waals surface area contributed by atoms with E-state index in [0.29, 0.717) is 32.8 Å².